The highest BCUT2D eigenvalue weighted by Crippen LogP contribution is 1.79. The van der Waals surface area contributed by atoms with Crippen molar-refractivity contribution in [2.45, 2.75) is 6.04 Å². The Morgan fingerprint density at radius 2 is 2.27 bits per heavy atom. The number of carbonyl (C=O) groups is 1. The van der Waals surface area contributed by atoms with E-state index in [0.29, 0.717) is 0 Å². The highest BCUT2D eigenvalue weighted by Gasteiger charge is 2.09. The molecule has 0 aliphatic rings. The van der Waals surface area contributed by atoms with Gasteiger partial charge in [-0.25, -0.2) is 10.5 Å². The number of rotatable bonds is 3. The van der Waals surface area contributed by atoms with Gasteiger partial charge < -0.3 is 16.6 Å². The average Bonchev–Trinajstić information content (AvgIpc) is 1.99. The monoisotopic (exact) mass is 162 g/mol. The normalized spacial score (nSPS) is 14.2. The third kappa shape index (κ3) is 4.12. The van der Waals surface area contributed by atoms with E-state index in [1.165, 1.54) is 5.48 Å². The lowest BCUT2D eigenvalue weighted by atomic mass is 10.3. The molecule has 7 nitrogen and oxygen atoms in total. The van der Waals surface area contributed by atoms with Crippen LogP contribution in [-0.4, -0.2) is 34.8 Å². The van der Waals surface area contributed by atoms with Crippen LogP contribution in [0.1, 0.15) is 0 Å². The van der Waals surface area contributed by atoms with Gasteiger partial charge in [-0.05, 0) is 0 Å². The van der Waals surface area contributed by atoms with E-state index in [2.05, 4.69) is 4.99 Å². The van der Waals surface area contributed by atoms with Crippen molar-refractivity contribution in [1.82, 2.24) is 5.48 Å². The smallest absolute Gasteiger partial charge is 0.322 e. The molecule has 0 aromatic heterocycles. The van der Waals surface area contributed by atoms with Gasteiger partial charge in [-0.15, -0.1) is 0 Å². The molecule has 0 fully saturated rings. The van der Waals surface area contributed by atoms with Crippen molar-refractivity contribution < 1.29 is 15.1 Å². The molecule has 0 aromatic rings. The molecule has 1 atom stereocenters. The topological polar surface area (TPSA) is 134 Å². The molecule has 0 bridgehead atoms. The minimum atomic E-state index is -1.17. The van der Waals surface area contributed by atoms with E-state index in [1.54, 1.807) is 0 Å². The third-order valence-electron chi connectivity index (χ3n) is 0.890. The summed E-state index contributed by atoms with van der Waals surface area (Å²) in [4.78, 5) is 13.5. The zero-order valence-electron chi connectivity index (χ0n) is 5.69. The molecule has 7 heteroatoms. The molecule has 0 spiro atoms. The summed E-state index contributed by atoms with van der Waals surface area (Å²) in [5.74, 6) is -1.43. The number of aliphatic carboxylic acids is 1. The lowest BCUT2D eigenvalue weighted by Gasteiger charge is -2.01. The first-order chi connectivity index (χ1) is 5.07. The number of carboxylic acids is 1. The Hall–Kier alpha value is -1.34. The van der Waals surface area contributed by atoms with Crippen LogP contribution in [0.2, 0.25) is 0 Å². The van der Waals surface area contributed by atoms with Gasteiger partial charge in [0.25, 0.3) is 0 Å². The Morgan fingerprint density at radius 3 is 2.64 bits per heavy atom. The van der Waals surface area contributed by atoms with E-state index >= 15 is 0 Å². The maximum absolute atomic E-state index is 10.1. The average molecular weight is 162 g/mol. The zero-order valence-corrected chi connectivity index (χ0v) is 5.69. The number of hydroxylamine groups is 1. The third-order valence-corrected chi connectivity index (χ3v) is 0.890. The summed E-state index contributed by atoms with van der Waals surface area (Å²) < 4.78 is 0. The molecular formula is C4H10N4O3. The van der Waals surface area contributed by atoms with Gasteiger partial charge in [0, 0.05) is 0 Å². The first-order valence-corrected chi connectivity index (χ1v) is 2.76. The van der Waals surface area contributed by atoms with Gasteiger partial charge in [0.05, 0.1) is 6.54 Å². The summed E-state index contributed by atoms with van der Waals surface area (Å²) >= 11 is 0. The second-order valence-electron chi connectivity index (χ2n) is 1.78. The summed E-state index contributed by atoms with van der Waals surface area (Å²) in [5, 5.41) is 16.3. The van der Waals surface area contributed by atoms with Crippen molar-refractivity contribution in [3.8, 4) is 0 Å². The van der Waals surface area contributed by atoms with Gasteiger partial charge in [0.15, 0.2) is 0 Å². The molecule has 64 valence electrons. The van der Waals surface area contributed by atoms with Crippen molar-refractivity contribution in [2.75, 3.05) is 6.54 Å². The van der Waals surface area contributed by atoms with Crippen LogP contribution in [-0.2, 0) is 4.79 Å². The first-order valence-electron chi connectivity index (χ1n) is 2.76. The Labute approximate surface area is 62.7 Å². The zero-order chi connectivity index (χ0) is 8.85. The Morgan fingerprint density at radius 1 is 1.73 bits per heavy atom. The predicted octanol–water partition coefficient (Wildman–Crippen LogP) is -2.31. The molecule has 0 aliphatic heterocycles. The van der Waals surface area contributed by atoms with Crippen LogP contribution in [0.4, 0.5) is 0 Å². The molecule has 0 aliphatic carbocycles. The fraction of sp³-hybridized carbons (Fsp3) is 0.500. The van der Waals surface area contributed by atoms with Crippen LogP contribution in [0.3, 0.4) is 0 Å². The summed E-state index contributed by atoms with van der Waals surface area (Å²) in [5.41, 5.74) is 11.5. The largest absolute Gasteiger partial charge is 0.480 e. The van der Waals surface area contributed by atoms with Gasteiger partial charge in [0.2, 0.25) is 5.96 Å². The number of carboxylic acid groups (broad SMARTS) is 1. The van der Waals surface area contributed by atoms with E-state index in [4.69, 9.17) is 21.8 Å². The maximum atomic E-state index is 10.1. The second kappa shape index (κ2) is 4.47. The summed E-state index contributed by atoms with van der Waals surface area (Å²) in [6.45, 7) is -0.172. The molecule has 0 saturated heterocycles. The van der Waals surface area contributed by atoms with Crippen molar-refractivity contribution >= 4 is 11.9 Å². The van der Waals surface area contributed by atoms with Crippen molar-refractivity contribution in [3.63, 3.8) is 0 Å². The van der Waals surface area contributed by atoms with Crippen molar-refractivity contribution in [1.29, 1.82) is 0 Å². The van der Waals surface area contributed by atoms with Crippen LogP contribution in [0.25, 0.3) is 0 Å². The number of aliphatic imine (C=N–C) groups is 1. The Bertz CT molecular complexity index is 169. The molecule has 0 heterocycles. The number of nitrogens with zero attached hydrogens (tertiary/aromatic N) is 1. The minimum absolute atomic E-state index is 0.172. The first kappa shape index (κ1) is 9.66. The van der Waals surface area contributed by atoms with E-state index in [1.807, 2.05) is 0 Å². The molecule has 0 saturated carbocycles. The molecule has 7 N–H and O–H groups in total. The quantitative estimate of drug-likeness (QED) is 0.180. The van der Waals surface area contributed by atoms with Crippen molar-refractivity contribution in [3.05, 3.63) is 0 Å². The number of nitrogens with one attached hydrogen (secondary N) is 1. The van der Waals surface area contributed by atoms with E-state index < -0.39 is 12.0 Å². The van der Waals surface area contributed by atoms with Crippen molar-refractivity contribution in [2.24, 2.45) is 16.5 Å². The maximum Gasteiger partial charge on any atom is 0.322 e. The van der Waals surface area contributed by atoms with Gasteiger partial charge >= 0.3 is 5.97 Å². The summed E-state index contributed by atoms with van der Waals surface area (Å²) in [7, 11) is 0. The lowest BCUT2D eigenvalue weighted by molar-refractivity contribution is -0.138. The van der Waals surface area contributed by atoms with Crippen LogP contribution in [0, 0.1) is 0 Å². The van der Waals surface area contributed by atoms with E-state index in [-0.39, 0.29) is 12.5 Å². The summed E-state index contributed by atoms with van der Waals surface area (Å²) in [6.07, 6.45) is 0. The standard InChI is InChI=1S/C4H10N4O3/c5-2(3(9)10)1-7-4(6)8-11/h2,11H,1,5H2,(H,9,10)(H3,6,7,8). The Balaban J connectivity index is 3.78. The SMILES string of the molecule is NC(=NCC(N)C(=O)O)NO. The summed E-state index contributed by atoms with van der Waals surface area (Å²) in [6, 6.07) is -1.10. The molecule has 0 radical (unpaired) electrons. The fourth-order valence-corrected chi connectivity index (χ4v) is 0.310. The fourth-order valence-electron chi connectivity index (χ4n) is 0.310. The van der Waals surface area contributed by atoms with Crippen LogP contribution < -0.4 is 16.9 Å². The molecule has 0 aromatic carbocycles. The lowest BCUT2D eigenvalue weighted by Crippen LogP contribution is -2.36. The molecule has 0 rings (SSSR count). The van der Waals surface area contributed by atoms with Gasteiger partial charge in [0.1, 0.15) is 6.04 Å². The van der Waals surface area contributed by atoms with Crippen LogP contribution in [0.5, 0.6) is 0 Å². The molecular weight excluding hydrogens is 152 g/mol. The number of hydrogen-bond acceptors (Lipinski definition) is 4. The second-order valence-corrected chi connectivity index (χ2v) is 1.78. The highest BCUT2D eigenvalue weighted by atomic mass is 16.5. The van der Waals surface area contributed by atoms with Crippen LogP contribution in [0.15, 0.2) is 4.99 Å². The van der Waals surface area contributed by atoms with Gasteiger partial charge in [-0.1, -0.05) is 0 Å². The molecule has 11 heavy (non-hydrogen) atoms. The molecule has 0 amide bonds. The Kier molecular flexibility index (Phi) is 3.93. The number of guanidine groups is 1. The number of hydrogen-bond donors (Lipinski definition) is 5. The van der Waals surface area contributed by atoms with E-state index in [0.717, 1.165) is 0 Å². The predicted molar refractivity (Wildman–Crippen MR) is 37.0 cm³/mol. The van der Waals surface area contributed by atoms with Crippen LogP contribution >= 0.6 is 0 Å². The minimum Gasteiger partial charge on any atom is -0.480 e. The number of nitrogens with two attached hydrogens (primary N) is 2. The van der Waals surface area contributed by atoms with Gasteiger partial charge in [-0.3, -0.25) is 10.0 Å². The van der Waals surface area contributed by atoms with E-state index in [9.17, 15) is 4.79 Å². The highest BCUT2D eigenvalue weighted by molar-refractivity contribution is 5.78. The molecule has 1 unspecified atom stereocenters. The van der Waals surface area contributed by atoms with Gasteiger partial charge in [-0.2, -0.15) is 0 Å².